The number of fused-ring (bicyclic) bond motifs is 1. The minimum Gasteiger partial charge on any atom is -0.377 e. The molecule has 16 heavy (non-hydrogen) atoms. The number of halogens is 3. The molecule has 0 aliphatic carbocycles. The van der Waals surface area contributed by atoms with Crippen molar-refractivity contribution >= 4 is 11.5 Å². The van der Waals surface area contributed by atoms with Crippen molar-refractivity contribution in [2.24, 2.45) is 0 Å². The van der Waals surface area contributed by atoms with E-state index in [1.54, 1.807) is 13.8 Å². The maximum Gasteiger partial charge on any atom is 0.171 e. The summed E-state index contributed by atoms with van der Waals surface area (Å²) in [5.74, 6) is -4.17. The summed E-state index contributed by atoms with van der Waals surface area (Å²) in [6.07, 6.45) is -0.000185. The average Bonchev–Trinajstić information content (AvgIpc) is 2.12. The van der Waals surface area contributed by atoms with Crippen LogP contribution in [-0.2, 0) is 0 Å². The van der Waals surface area contributed by atoms with Gasteiger partial charge in [-0.2, -0.15) is 0 Å². The smallest absolute Gasteiger partial charge is 0.171 e. The van der Waals surface area contributed by atoms with Crippen molar-refractivity contribution in [3.05, 3.63) is 29.1 Å². The number of hydrogen-bond donors (Lipinski definition) is 1. The quantitative estimate of drug-likeness (QED) is 0.693. The Hall–Kier alpha value is -1.52. The summed E-state index contributed by atoms with van der Waals surface area (Å²) in [7, 11) is 0. The lowest BCUT2D eigenvalue weighted by Gasteiger charge is -2.33. The Morgan fingerprint density at radius 2 is 1.88 bits per heavy atom. The fourth-order valence-electron chi connectivity index (χ4n) is 1.85. The van der Waals surface area contributed by atoms with E-state index in [0.717, 1.165) is 0 Å². The molecule has 0 saturated carbocycles. The SMILES string of the molecule is CC1(C)CC(=O)c2c(F)c(F)cc(F)c2N1. The summed E-state index contributed by atoms with van der Waals surface area (Å²) < 4.78 is 39.7. The van der Waals surface area contributed by atoms with Crippen molar-refractivity contribution in [2.75, 3.05) is 5.32 Å². The van der Waals surface area contributed by atoms with Crippen LogP contribution in [0.25, 0.3) is 0 Å². The predicted octanol–water partition coefficient (Wildman–Crippen LogP) is 2.88. The monoisotopic (exact) mass is 229 g/mol. The molecule has 0 radical (unpaired) electrons. The summed E-state index contributed by atoms with van der Waals surface area (Å²) in [6.45, 7) is 3.38. The van der Waals surface area contributed by atoms with Gasteiger partial charge in [0.15, 0.2) is 17.4 Å². The summed E-state index contributed by atoms with van der Waals surface area (Å²) in [5.41, 5.74) is -1.42. The summed E-state index contributed by atoms with van der Waals surface area (Å²) >= 11 is 0. The second-order valence-electron chi connectivity index (χ2n) is 4.51. The molecule has 0 amide bonds. The van der Waals surface area contributed by atoms with Crippen molar-refractivity contribution in [3.63, 3.8) is 0 Å². The number of Topliss-reactive ketones (excluding diaryl/α,β-unsaturated/α-hetero) is 1. The largest absolute Gasteiger partial charge is 0.377 e. The van der Waals surface area contributed by atoms with Crippen molar-refractivity contribution in [1.82, 2.24) is 0 Å². The Bertz CT molecular complexity index is 483. The zero-order chi connectivity index (χ0) is 12.1. The van der Waals surface area contributed by atoms with E-state index in [-0.39, 0.29) is 12.1 Å². The first-order valence-electron chi connectivity index (χ1n) is 4.81. The standard InChI is InChI=1S/C11H10F3NO/c1-11(2)4-7(16)8-9(14)5(12)3-6(13)10(8)15-11/h3,15H,4H2,1-2H3. The van der Waals surface area contributed by atoms with Crippen molar-refractivity contribution in [1.29, 1.82) is 0 Å². The fraction of sp³-hybridized carbons (Fsp3) is 0.364. The van der Waals surface area contributed by atoms with Gasteiger partial charge in [0.25, 0.3) is 0 Å². The molecule has 0 saturated heterocycles. The Balaban J connectivity index is 2.69. The van der Waals surface area contributed by atoms with E-state index in [1.165, 1.54) is 0 Å². The number of hydrogen-bond acceptors (Lipinski definition) is 2. The van der Waals surface area contributed by atoms with E-state index in [4.69, 9.17) is 0 Å². The van der Waals surface area contributed by atoms with Gasteiger partial charge in [0.05, 0.1) is 11.3 Å². The molecule has 5 heteroatoms. The minimum atomic E-state index is -1.34. The summed E-state index contributed by atoms with van der Waals surface area (Å²) in [5, 5.41) is 2.70. The van der Waals surface area contributed by atoms with Crippen LogP contribution in [0.4, 0.5) is 18.9 Å². The van der Waals surface area contributed by atoms with Crippen LogP contribution < -0.4 is 5.32 Å². The number of benzene rings is 1. The second kappa shape index (κ2) is 3.23. The van der Waals surface area contributed by atoms with E-state index in [0.29, 0.717) is 6.07 Å². The van der Waals surface area contributed by atoms with Gasteiger partial charge < -0.3 is 5.32 Å². The Morgan fingerprint density at radius 1 is 1.25 bits per heavy atom. The minimum absolute atomic E-state index is 0.000185. The molecule has 2 nitrogen and oxygen atoms in total. The first kappa shape index (κ1) is 11.0. The van der Waals surface area contributed by atoms with E-state index in [1.807, 2.05) is 0 Å². The third kappa shape index (κ3) is 1.56. The van der Waals surface area contributed by atoms with Gasteiger partial charge in [0, 0.05) is 18.0 Å². The highest BCUT2D eigenvalue weighted by Gasteiger charge is 2.35. The number of anilines is 1. The molecule has 0 spiro atoms. The third-order valence-corrected chi connectivity index (χ3v) is 2.52. The van der Waals surface area contributed by atoms with Crippen LogP contribution in [-0.4, -0.2) is 11.3 Å². The van der Waals surface area contributed by atoms with Crippen LogP contribution in [0, 0.1) is 17.5 Å². The number of carbonyl (C=O) groups is 1. The highest BCUT2D eigenvalue weighted by atomic mass is 19.2. The molecule has 0 aromatic heterocycles. The van der Waals surface area contributed by atoms with Crippen molar-refractivity contribution in [3.8, 4) is 0 Å². The average molecular weight is 229 g/mol. The van der Waals surface area contributed by atoms with Gasteiger partial charge in [-0.25, -0.2) is 13.2 Å². The van der Waals surface area contributed by atoms with Gasteiger partial charge in [0.1, 0.15) is 5.82 Å². The van der Waals surface area contributed by atoms with Crippen LogP contribution in [0.15, 0.2) is 6.07 Å². The second-order valence-corrected chi connectivity index (χ2v) is 4.51. The van der Waals surface area contributed by atoms with Gasteiger partial charge in [-0.15, -0.1) is 0 Å². The molecular weight excluding hydrogens is 219 g/mol. The van der Waals surface area contributed by atoms with Crippen LogP contribution in [0.2, 0.25) is 0 Å². The molecule has 0 fully saturated rings. The molecule has 0 bridgehead atoms. The van der Waals surface area contributed by atoms with Crippen LogP contribution in [0.1, 0.15) is 30.6 Å². The predicted molar refractivity (Wildman–Crippen MR) is 53.0 cm³/mol. The zero-order valence-corrected chi connectivity index (χ0v) is 8.83. The zero-order valence-electron chi connectivity index (χ0n) is 8.83. The molecule has 2 rings (SSSR count). The molecule has 0 unspecified atom stereocenters. The van der Waals surface area contributed by atoms with Crippen LogP contribution in [0.5, 0.6) is 0 Å². The first-order chi connectivity index (χ1) is 7.32. The number of rotatable bonds is 0. The molecule has 1 aliphatic rings. The van der Waals surface area contributed by atoms with Gasteiger partial charge >= 0.3 is 0 Å². The van der Waals surface area contributed by atoms with E-state index in [2.05, 4.69) is 5.32 Å². The normalized spacial score (nSPS) is 17.9. The third-order valence-electron chi connectivity index (χ3n) is 2.52. The molecule has 1 aliphatic heterocycles. The van der Waals surface area contributed by atoms with Crippen LogP contribution in [0.3, 0.4) is 0 Å². The molecule has 86 valence electrons. The molecule has 1 N–H and O–H groups in total. The highest BCUT2D eigenvalue weighted by molar-refractivity contribution is 6.04. The Morgan fingerprint density at radius 3 is 2.50 bits per heavy atom. The molecule has 1 aromatic carbocycles. The fourth-order valence-corrected chi connectivity index (χ4v) is 1.85. The number of nitrogens with one attached hydrogen (secondary N) is 1. The maximum absolute atomic E-state index is 13.4. The number of carbonyl (C=O) groups excluding carboxylic acids is 1. The Labute approximate surface area is 90.5 Å². The maximum atomic E-state index is 13.4. The summed E-state index contributed by atoms with van der Waals surface area (Å²) in [6, 6.07) is 0.440. The van der Waals surface area contributed by atoms with Crippen LogP contribution >= 0.6 is 0 Å². The lowest BCUT2D eigenvalue weighted by molar-refractivity contribution is 0.0952. The highest BCUT2D eigenvalue weighted by Crippen LogP contribution is 2.35. The lowest BCUT2D eigenvalue weighted by Crippen LogP contribution is -2.39. The van der Waals surface area contributed by atoms with Gasteiger partial charge in [-0.1, -0.05) is 0 Å². The van der Waals surface area contributed by atoms with Gasteiger partial charge in [-0.05, 0) is 13.8 Å². The molecule has 1 heterocycles. The van der Waals surface area contributed by atoms with Crippen molar-refractivity contribution in [2.45, 2.75) is 25.8 Å². The van der Waals surface area contributed by atoms with E-state index in [9.17, 15) is 18.0 Å². The molecular formula is C11H10F3NO. The van der Waals surface area contributed by atoms with Gasteiger partial charge in [0.2, 0.25) is 0 Å². The van der Waals surface area contributed by atoms with Gasteiger partial charge in [-0.3, -0.25) is 4.79 Å². The Kier molecular flexibility index (Phi) is 2.22. The molecule has 1 aromatic rings. The number of ketones is 1. The van der Waals surface area contributed by atoms with E-state index < -0.39 is 34.3 Å². The van der Waals surface area contributed by atoms with E-state index >= 15 is 0 Å². The first-order valence-corrected chi connectivity index (χ1v) is 4.81. The topological polar surface area (TPSA) is 29.1 Å². The van der Waals surface area contributed by atoms with Crippen molar-refractivity contribution < 1.29 is 18.0 Å². The molecule has 0 atom stereocenters. The lowest BCUT2D eigenvalue weighted by atomic mass is 9.88. The summed E-state index contributed by atoms with van der Waals surface area (Å²) in [4.78, 5) is 11.6.